The van der Waals surface area contributed by atoms with E-state index in [1.165, 1.54) is 10.9 Å². The monoisotopic (exact) mass is 238 g/mol. The zero-order chi connectivity index (χ0) is 6.85. The van der Waals surface area contributed by atoms with Gasteiger partial charge in [-0.2, -0.15) is 0 Å². The van der Waals surface area contributed by atoms with Gasteiger partial charge < -0.3 is 12.4 Å². The van der Waals surface area contributed by atoms with Gasteiger partial charge in [-0.05, 0) is 30.7 Å². The van der Waals surface area contributed by atoms with Crippen molar-refractivity contribution in [2.75, 3.05) is 0 Å². The van der Waals surface area contributed by atoms with Crippen molar-refractivity contribution in [2.24, 2.45) is 0 Å². The van der Waals surface area contributed by atoms with Gasteiger partial charge in [0.15, 0.2) is 0 Å². The van der Waals surface area contributed by atoms with Crippen LogP contribution in [-0.4, -0.2) is 0 Å². The molecule has 0 aliphatic carbocycles. The summed E-state index contributed by atoms with van der Waals surface area (Å²) in [5.41, 5.74) is 1.35. The maximum atomic E-state index is 3.40. The molecule has 0 aromatic heterocycles. The highest BCUT2D eigenvalue weighted by atomic mass is 79.9. The molecule has 0 amide bonds. The van der Waals surface area contributed by atoms with Gasteiger partial charge in [0.2, 0.25) is 0 Å². The molecule has 0 fully saturated rings. The normalized spacial score (nSPS) is 9.00. The van der Waals surface area contributed by atoms with Crippen LogP contribution in [0.4, 0.5) is 0 Å². The van der Waals surface area contributed by atoms with Gasteiger partial charge in [-0.25, -0.2) is 0 Å². The largest absolute Gasteiger partial charge is 1.00 e. The summed E-state index contributed by atoms with van der Waals surface area (Å²) in [5.74, 6) is 0. The van der Waals surface area contributed by atoms with Crippen molar-refractivity contribution in [1.29, 1.82) is 0 Å². The van der Waals surface area contributed by atoms with Crippen molar-refractivity contribution >= 4 is 30.5 Å². The zero-order valence-electron chi connectivity index (χ0n) is 5.70. The highest BCUT2D eigenvalue weighted by Crippen LogP contribution is 2.10. The molecule has 0 saturated carbocycles. The van der Waals surface area contributed by atoms with Crippen LogP contribution in [0.2, 0.25) is 0 Å². The molecular formula is C7H9BrClP. The fourth-order valence-electron chi connectivity index (χ4n) is 0.659. The summed E-state index contributed by atoms with van der Waals surface area (Å²) in [6, 6.07) is 6.32. The van der Waals surface area contributed by atoms with Crippen LogP contribution in [0.3, 0.4) is 0 Å². The lowest BCUT2D eigenvalue weighted by atomic mass is 10.2. The van der Waals surface area contributed by atoms with Gasteiger partial charge in [0.25, 0.3) is 0 Å². The molecule has 0 aliphatic rings. The number of aryl methyl sites for hydroxylation is 1. The molecule has 0 aliphatic heterocycles. The molecule has 0 N–H and O–H groups in total. The van der Waals surface area contributed by atoms with E-state index < -0.39 is 0 Å². The molecule has 1 aromatic carbocycles. The predicted molar refractivity (Wildman–Crippen MR) is 49.6 cm³/mol. The summed E-state index contributed by atoms with van der Waals surface area (Å²) < 4.78 is 1.16. The summed E-state index contributed by atoms with van der Waals surface area (Å²) >= 11 is 3.40. The molecule has 1 rings (SSSR count). The average Bonchev–Trinajstić information content (AvgIpc) is 1.80. The lowest BCUT2D eigenvalue weighted by molar-refractivity contribution is -0.00000165. The van der Waals surface area contributed by atoms with Crippen molar-refractivity contribution in [2.45, 2.75) is 6.92 Å². The molecule has 0 spiro atoms. The lowest BCUT2D eigenvalue weighted by Crippen LogP contribution is -3.00. The highest BCUT2D eigenvalue weighted by molar-refractivity contribution is 9.10. The molecular weight excluding hydrogens is 230 g/mol. The third-order valence-corrected chi connectivity index (χ3v) is 2.59. The first-order valence-electron chi connectivity index (χ1n) is 2.78. The van der Waals surface area contributed by atoms with Crippen LogP contribution in [0.25, 0.3) is 0 Å². The fraction of sp³-hybridized carbons (Fsp3) is 0.143. The van der Waals surface area contributed by atoms with Gasteiger partial charge in [0.05, 0.1) is 5.30 Å². The average molecular weight is 239 g/mol. The number of benzene rings is 1. The minimum absolute atomic E-state index is 0. The fourth-order valence-corrected chi connectivity index (χ4v) is 1.35. The molecule has 1 unspecified atom stereocenters. The van der Waals surface area contributed by atoms with Gasteiger partial charge in [-0.1, -0.05) is 15.9 Å². The Labute approximate surface area is 78.1 Å². The first kappa shape index (κ1) is 10.4. The molecule has 10 heavy (non-hydrogen) atoms. The van der Waals surface area contributed by atoms with Crippen molar-refractivity contribution in [3.8, 4) is 0 Å². The summed E-state index contributed by atoms with van der Waals surface area (Å²) in [6.45, 7) is 2.12. The number of hydrogen-bond donors (Lipinski definition) is 0. The third kappa shape index (κ3) is 2.57. The maximum Gasteiger partial charge on any atom is 0.0894 e. The van der Waals surface area contributed by atoms with E-state index in [1.807, 2.05) is 9.24 Å². The highest BCUT2D eigenvalue weighted by Gasteiger charge is 1.94. The van der Waals surface area contributed by atoms with Gasteiger partial charge in [0.1, 0.15) is 0 Å². The molecule has 3 heteroatoms. The topological polar surface area (TPSA) is 0 Å². The lowest BCUT2D eigenvalue weighted by Gasteiger charge is -1.93. The van der Waals surface area contributed by atoms with E-state index in [-0.39, 0.29) is 12.4 Å². The van der Waals surface area contributed by atoms with Crippen LogP contribution < -0.4 is 17.7 Å². The SMILES string of the molecule is Cc1cc(Br)ccc1[PH3+].[Cl-]. The van der Waals surface area contributed by atoms with Crippen molar-refractivity contribution in [1.82, 2.24) is 0 Å². The molecule has 56 valence electrons. The summed E-state index contributed by atoms with van der Waals surface area (Å²) in [6.07, 6.45) is 0. The summed E-state index contributed by atoms with van der Waals surface area (Å²) in [4.78, 5) is 0. The smallest absolute Gasteiger partial charge is 0.0894 e. The summed E-state index contributed by atoms with van der Waals surface area (Å²) in [5, 5.41) is 1.37. The van der Waals surface area contributed by atoms with Crippen LogP contribution >= 0.6 is 25.2 Å². The van der Waals surface area contributed by atoms with Gasteiger partial charge >= 0.3 is 0 Å². The minimum Gasteiger partial charge on any atom is -1.00 e. The van der Waals surface area contributed by atoms with Crippen molar-refractivity contribution < 1.29 is 12.4 Å². The Morgan fingerprint density at radius 2 is 2.00 bits per heavy atom. The number of halogens is 2. The van der Waals surface area contributed by atoms with E-state index >= 15 is 0 Å². The predicted octanol–water partition coefficient (Wildman–Crippen LogP) is -1.01. The first-order chi connectivity index (χ1) is 4.20. The molecule has 0 heterocycles. The molecule has 1 aromatic rings. The van der Waals surface area contributed by atoms with Crippen molar-refractivity contribution in [3.05, 3.63) is 28.2 Å². The van der Waals surface area contributed by atoms with Crippen LogP contribution in [0.5, 0.6) is 0 Å². The maximum absolute atomic E-state index is 3.40. The standard InChI is InChI=1S/C7H8BrP.ClH/c1-5-4-6(8)2-3-7(5)9;/h2-4H,9H2,1H3;1H. The van der Waals surface area contributed by atoms with E-state index in [0.717, 1.165) is 4.47 Å². The quantitative estimate of drug-likeness (QED) is 0.509. The third-order valence-electron chi connectivity index (χ3n) is 1.30. The molecule has 0 radical (unpaired) electrons. The second-order valence-corrected chi connectivity index (χ2v) is 3.75. The Morgan fingerprint density at radius 3 is 2.40 bits per heavy atom. The first-order valence-corrected chi connectivity index (χ1v) is 4.28. The minimum atomic E-state index is 0. The van der Waals surface area contributed by atoms with Crippen LogP contribution in [-0.2, 0) is 0 Å². The van der Waals surface area contributed by atoms with E-state index in [1.54, 1.807) is 0 Å². The molecule has 0 saturated heterocycles. The van der Waals surface area contributed by atoms with E-state index in [9.17, 15) is 0 Å². The van der Waals surface area contributed by atoms with Gasteiger partial charge in [-0.15, -0.1) is 0 Å². The van der Waals surface area contributed by atoms with Crippen LogP contribution in [0, 0.1) is 6.92 Å². The molecule has 1 atom stereocenters. The van der Waals surface area contributed by atoms with Gasteiger partial charge in [-0.3, -0.25) is 0 Å². The number of rotatable bonds is 0. The Bertz CT molecular complexity index is 225. The van der Waals surface area contributed by atoms with Crippen molar-refractivity contribution in [3.63, 3.8) is 0 Å². The second-order valence-electron chi connectivity index (χ2n) is 2.07. The second kappa shape index (κ2) is 4.33. The van der Waals surface area contributed by atoms with Gasteiger partial charge in [0, 0.05) is 13.7 Å². The number of hydrogen-bond acceptors (Lipinski definition) is 0. The molecule has 0 bridgehead atoms. The zero-order valence-corrected chi connectivity index (χ0v) is 9.45. The summed E-state index contributed by atoms with van der Waals surface area (Å²) in [7, 11) is 1.92. The Hall–Kier alpha value is 0.420. The van der Waals surface area contributed by atoms with Crippen LogP contribution in [0.15, 0.2) is 22.7 Å². The Balaban J connectivity index is 0.000000810. The van der Waals surface area contributed by atoms with E-state index in [4.69, 9.17) is 0 Å². The Morgan fingerprint density at radius 1 is 1.40 bits per heavy atom. The Kier molecular flexibility index (Phi) is 4.51. The van der Waals surface area contributed by atoms with E-state index in [0.29, 0.717) is 0 Å². The molecule has 0 nitrogen and oxygen atoms in total. The van der Waals surface area contributed by atoms with E-state index in [2.05, 4.69) is 41.1 Å². The van der Waals surface area contributed by atoms with Crippen LogP contribution in [0.1, 0.15) is 5.56 Å².